The summed E-state index contributed by atoms with van der Waals surface area (Å²) in [5.74, 6) is 0.113. The zero-order chi connectivity index (χ0) is 23.7. The summed E-state index contributed by atoms with van der Waals surface area (Å²) in [5, 5.41) is 6.08. The minimum atomic E-state index is -0.370. The number of rotatable bonds is 12. The van der Waals surface area contributed by atoms with Crippen molar-refractivity contribution in [1.82, 2.24) is 10.2 Å². The summed E-state index contributed by atoms with van der Waals surface area (Å²) in [4.78, 5) is 19.2. The van der Waals surface area contributed by atoms with Crippen LogP contribution in [0.25, 0.3) is 5.57 Å². The molecule has 8 heteroatoms. The van der Waals surface area contributed by atoms with Gasteiger partial charge in [-0.15, -0.1) is 0 Å². The number of fused-ring (bicyclic) bond motifs is 1. The molecule has 6 N–H and O–H groups in total. The number of hydrogen-bond acceptors (Lipinski definition) is 5. The third kappa shape index (κ3) is 6.90. The molecule has 0 spiro atoms. The van der Waals surface area contributed by atoms with Gasteiger partial charge < -0.3 is 27.0 Å². The van der Waals surface area contributed by atoms with E-state index in [1.165, 1.54) is 12.1 Å². The summed E-state index contributed by atoms with van der Waals surface area (Å²) in [5.41, 5.74) is 15.5. The number of amides is 1. The van der Waals surface area contributed by atoms with Gasteiger partial charge >= 0.3 is 0 Å². The Hall–Kier alpha value is -2.71. The van der Waals surface area contributed by atoms with Crippen molar-refractivity contribution in [3.63, 3.8) is 0 Å². The average molecular weight is 445 g/mol. The molecule has 176 valence electrons. The minimum Gasteiger partial charge on any atom is -0.385 e. The zero-order valence-electron chi connectivity index (χ0n) is 19.7. The fraction of sp³-hybridized carbons (Fsp3) is 0.500. The van der Waals surface area contributed by atoms with E-state index >= 15 is 0 Å². The molecular weight excluding hydrogens is 407 g/mol. The molecule has 0 atom stereocenters. The van der Waals surface area contributed by atoms with Gasteiger partial charge in [0.1, 0.15) is 11.7 Å². The van der Waals surface area contributed by atoms with E-state index in [0.29, 0.717) is 42.3 Å². The number of aliphatic imine (C=N–C) groups is 1. The molecule has 1 aromatic carbocycles. The predicted octanol–water partition coefficient (Wildman–Crippen LogP) is 2.71. The highest BCUT2D eigenvalue weighted by Gasteiger charge is 2.24. The first-order chi connectivity index (χ1) is 15.3. The molecule has 32 heavy (non-hydrogen) atoms. The number of nitrogens with zero attached hydrogens (tertiary/aromatic N) is 2. The maximum absolute atomic E-state index is 13.6. The van der Waals surface area contributed by atoms with E-state index in [9.17, 15) is 9.18 Å². The molecule has 1 amide bonds. The van der Waals surface area contributed by atoms with Crippen LogP contribution in [0.2, 0.25) is 0 Å². The Morgan fingerprint density at radius 3 is 2.75 bits per heavy atom. The quantitative estimate of drug-likeness (QED) is 0.225. The van der Waals surface area contributed by atoms with E-state index in [4.69, 9.17) is 11.5 Å². The summed E-state index contributed by atoms with van der Waals surface area (Å²) in [6.45, 7) is 12.7. The topological polar surface area (TPSA) is 109 Å². The summed E-state index contributed by atoms with van der Waals surface area (Å²) in [6.07, 6.45) is 2.74. The highest BCUT2D eigenvalue weighted by Crippen LogP contribution is 2.31. The fourth-order valence-corrected chi connectivity index (χ4v) is 3.83. The number of nitrogens with two attached hydrogens (primary N) is 2. The van der Waals surface area contributed by atoms with E-state index < -0.39 is 0 Å². The van der Waals surface area contributed by atoms with Crippen molar-refractivity contribution in [3.05, 3.63) is 46.9 Å². The number of carbonyl (C=O) groups is 1. The van der Waals surface area contributed by atoms with E-state index in [1.807, 2.05) is 6.92 Å². The van der Waals surface area contributed by atoms with E-state index in [1.54, 1.807) is 12.1 Å². The van der Waals surface area contributed by atoms with Gasteiger partial charge in [-0.3, -0.25) is 9.79 Å². The van der Waals surface area contributed by atoms with Gasteiger partial charge in [0.2, 0.25) is 0 Å². The number of hydrogen-bond donors (Lipinski definition) is 4. The van der Waals surface area contributed by atoms with Crippen LogP contribution in [0.15, 0.2) is 40.5 Å². The Kier molecular flexibility index (Phi) is 9.87. The third-order valence-corrected chi connectivity index (χ3v) is 5.52. The molecule has 7 nitrogen and oxygen atoms in total. The van der Waals surface area contributed by atoms with E-state index in [0.717, 1.165) is 37.3 Å². The molecule has 0 saturated heterocycles. The van der Waals surface area contributed by atoms with Gasteiger partial charge in [0.15, 0.2) is 0 Å². The highest BCUT2D eigenvalue weighted by atomic mass is 19.1. The number of nitrogens with one attached hydrogen (secondary N) is 2. The number of carbonyl (C=O) groups excluding carboxylic acids is 1. The monoisotopic (exact) mass is 444 g/mol. The number of likely N-dealkylation sites (N-methyl/N-ethyl adjacent to an activating group) is 1. The lowest BCUT2D eigenvalue weighted by Gasteiger charge is -2.20. The van der Waals surface area contributed by atoms with E-state index in [-0.39, 0.29) is 17.6 Å². The van der Waals surface area contributed by atoms with Gasteiger partial charge in [0.25, 0.3) is 5.91 Å². The molecule has 0 saturated carbocycles. The molecular formula is C24H37FN6O. The van der Waals surface area contributed by atoms with Gasteiger partial charge in [-0.2, -0.15) is 0 Å². The van der Waals surface area contributed by atoms with Crippen LogP contribution in [0.3, 0.4) is 0 Å². The Morgan fingerprint density at radius 2 is 2.09 bits per heavy atom. The van der Waals surface area contributed by atoms with Crippen molar-refractivity contribution >= 4 is 23.0 Å². The zero-order valence-corrected chi connectivity index (χ0v) is 19.7. The van der Waals surface area contributed by atoms with Crippen LogP contribution in [0.5, 0.6) is 0 Å². The second-order valence-corrected chi connectivity index (χ2v) is 8.18. The maximum atomic E-state index is 13.6. The number of halogens is 1. The van der Waals surface area contributed by atoms with Gasteiger partial charge in [0, 0.05) is 41.2 Å². The van der Waals surface area contributed by atoms with Gasteiger partial charge in [-0.25, -0.2) is 4.39 Å². The van der Waals surface area contributed by atoms with Gasteiger partial charge in [0.05, 0.1) is 6.54 Å². The third-order valence-electron chi connectivity index (χ3n) is 5.52. The first-order valence-corrected chi connectivity index (χ1v) is 11.3. The number of allylic oxidation sites excluding steroid dienone is 1. The Bertz CT molecular complexity index is 890. The van der Waals surface area contributed by atoms with E-state index in [2.05, 4.69) is 41.3 Å². The summed E-state index contributed by atoms with van der Waals surface area (Å²) in [7, 11) is 0. The van der Waals surface area contributed by atoms with Crippen LogP contribution in [0, 0.1) is 11.7 Å². The lowest BCUT2D eigenvalue weighted by atomic mass is 10.00. The van der Waals surface area contributed by atoms with Crippen molar-refractivity contribution < 1.29 is 9.18 Å². The fourth-order valence-electron chi connectivity index (χ4n) is 3.83. The largest absolute Gasteiger partial charge is 0.385 e. The smallest absolute Gasteiger partial charge is 0.256 e. The molecule has 2 rings (SSSR count). The van der Waals surface area contributed by atoms with Crippen molar-refractivity contribution in [2.75, 3.05) is 44.6 Å². The average Bonchev–Trinajstić information content (AvgIpc) is 3.05. The molecule has 1 aliphatic heterocycles. The Morgan fingerprint density at radius 1 is 1.34 bits per heavy atom. The molecule has 1 aliphatic rings. The summed E-state index contributed by atoms with van der Waals surface area (Å²) in [6, 6.07) is 4.28. The first kappa shape index (κ1) is 25.5. The molecule has 0 aliphatic carbocycles. The molecule has 0 fully saturated rings. The van der Waals surface area contributed by atoms with Crippen molar-refractivity contribution in [2.45, 2.75) is 34.1 Å². The molecule has 0 aromatic heterocycles. The minimum absolute atomic E-state index is 0.183. The van der Waals surface area contributed by atoms with Crippen LogP contribution < -0.4 is 22.1 Å². The SMILES string of the molecule is CCN(CCCN)CCN=C(N)/C(=C(\C)NC/C=C1\C(=O)Nc2ccc(F)cc21)C(C)C. The maximum Gasteiger partial charge on any atom is 0.256 e. The van der Waals surface area contributed by atoms with Crippen LogP contribution in [0.4, 0.5) is 10.1 Å². The van der Waals surface area contributed by atoms with Crippen LogP contribution in [-0.2, 0) is 4.79 Å². The highest BCUT2D eigenvalue weighted by molar-refractivity contribution is 6.31. The second-order valence-electron chi connectivity index (χ2n) is 8.18. The predicted molar refractivity (Wildman–Crippen MR) is 131 cm³/mol. The van der Waals surface area contributed by atoms with Crippen molar-refractivity contribution in [3.8, 4) is 0 Å². The summed E-state index contributed by atoms with van der Waals surface area (Å²) < 4.78 is 13.6. The Balaban J connectivity index is 2.06. The number of amidine groups is 1. The van der Waals surface area contributed by atoms with Crippen LogP contribution >= 0.6 is 0 Å². The normalized spacial score (nSPS) is 15.9. The van der Waals surface area contributed by atoms with Gasteiger partial charge in [-0.05, 0) is 57.1 Å². The Labute approximate surface area is 190 Å². The van der Waals surface area contributed by atoms with Crippen LogP contribution in [-0.4, -0.2) is 55.9 Å². The lowest BCUT2D eigenvalue weighted by molar-refractivity contribution is -0.110. The lowest BCUT2D eigenvalue weighted by Crippen LogP contribution is -2.30. The molecule has 1 heterocycles. The molecule has 0 unspecified atom stereocenters. The molecule has 1 aromatic rings. The standard InChI is InChI=1S/C24H37FN6O/c1-5-31(13-6-10-26)14-12-29-23(27)22(16(2)3)17(4)28-11-9-19-20-15-18(25)7-8-21(20)30-24(19)32/h7-9,15-16,28H,5-6,10-14,26H2,1-4H3,(H2,27,29)(H,30,32)/b19-9-,22-17+. The first-order valence-electron chi connectivity index (χ1n) is 11.3. The van der Waals surface area contributed by atoms with Crippen LogP contribution in [0.1, 0.15) is 39.7 Å². The van der Waals surface area contributed by atoms with Gasteiger partial charge in [-0.1, -0.05) is 26.8 Å². The number of anilines is 1. The molecule has 0 radical (unpaired) electrons. The molecule has 0 bridgehead atoms. The second kappa shape index (κ2) is 12.4. The van der Waals surface area contributed by atoms with Crippen molar-refractivity contribution in [2.24, 2.45) is 22.4 Å². The summed E-state index contributed by atoms with van der Waals surface area (Å²) >= 11 is 0. The van der Waals surface area contributed by atoms with Crippen molar-refractivity contribution in [1.29, 1.82) is 0 Å². The number of benzene rings is 1.